The van der Waals surface area contributed by atoms with E-state index in [1.54, 1.807) is 18.0 Å². The van der Waals surface area contributed by atoms with Crippen LogP contribution in [0.2, 0.25) is 0 Å². The predicted octanol–water partition coefficient (Wildman–Crippen LogP) is 6.32. The number of benzene rings is 1. The molecule has 2 bridgehead atoms. The fraction of sp³-hybridized carbons (Fsp3) is 0.407. The van der Waals surface area contributed by atoms with Crippen LogP contribution < -0.4 is 0 Å². The van der Waals surface area contributed by atoms with Gasteiger partial charge in [0.1, 0.15) is 10.7 Å². The van der Waals surface area contributed by atoms with E-state index in [9.17, 15) is 4.79 Å². The number of nitrogens with zero attached hydrogens (tertiary/aromatic N) is 5. The first-order chi connectivity index (χ1) is 17.3. The van der Waals surface area contributed by atoms with Crippen LogP contribution in [0.3, 0.4) is 0 Å². The summed E-state index contributed by atoms with van der Waals surface area (Å²) in [7, 11) is 0. The summed E-state index contributed by atoms with van der Waals surface area (Å²) in [5.41, 5.74) is 2.01. The Morgan fingerprint density at radius 3 is 2.75 bits per heavy atom. The summed E-state index contributed by atoms with van der Waals surface area (Å²) in [6.07, 6.45) is 4.97. The molecule has 2 fully saturated rings. The summed E-state index contributed by atoms with van der Waals surface area (Å²) in [6.45, 7) is 7.82. The number of para-hydroxylation sites is 1. The smallest absolute Gasteiger partial charge is 0.273 e. The number of aromatic nitrogens is 4. The van der Waals surface area contributed by atoms with Gasteiger partial charge in [-0.1, -0.05) is 50.7 Å². The number of furan rings is 1. The van der Waals surface area contributed by atoms with Crippen LogP contribution in [0.25, 0.3) is 17.3 Å². The zero-order chi connectivity index (χ0) is 24.9. The first-order valence-corrected chi connectivity index (χ1v) is 14.1. The first-order valence-electron chi connectivity index (χ1n) is 12.2. The van der Waals surface area contributed by atoms with Crippen LogP contribution in [0.1, 0.15) is 55.5 Å². The molecule has 186 valence electrons. The van der Waals surface area contributed by atoms with Gasteiger partial charge < -0.3 is 9.32 Å². The molecule has 4 heterocycles. The van der Waals surface area contributed by atoms with Crippen molar-refractivity contribution in [3.8, 4) is 17.3 Å². The highest BCUT2D eigenvalue weighted by molar-refractivity contribution is 7.98. The highest BCUT2D eigenvalue weighted by Crippen LogP contribution is 2.52. The predicted molar refractivity (Wildman–Crippen MR) is 141 cm³/mol. The van der Waals surface area contributed by atoms with Gasteiger partial charge in [0.2, 0.25) is 5.82 Å². The molecule has 1 saturated heterocycles. The molecule has 2 aliphatic rings. The van der Waals surface area contributed by atoms with Crippen molar-refractivity contribution in [1.29, 1.82) is 0 Å². The number of amides is 1. The third-order valence-electron chi connectivity index (χ3n) is 7.16. The van der Waals surface area contributed by atoms with Gasteiger partial charge in [-0.25, -0.2) is 4.98 Å². The highest BCUT2D eigenvalue weighted by atomic mass is 32.2. The van der Waals surface area contributed by atoms with Crippen molar-refractivity contribution in [3.63, 3.8) is 0 Å². The Kier molecular flexibility index (Phi) is 5.80. The topological polar surface area (TPSA) is 77.0 Å². The van der Waals surface area contributed by atoms with E-state index >= 15 is 0 Å². The van der Waals surface area contributed by atoms with Crippen LogP contribution in [0.5, 0.6) is 0 Å². The minimum absolute atomic E-state index is 0.0708. The minimum atomic E-state index is 0.0708. The van der Waals surface area contributed by atoms with Crippen molar-refractivity contribution in [3.05, 3.63) is 64.8 Å². The molecule has 0 radical (unpaired) electrons. The van der Waals surface area contributed by atoms with E-state index in [4.69, 9.17) is 9.40 Å². The molecule has 9 heteroatoms. The second-order valence-corrected chi connectivity index (χ2v) is 12.9. The van der Waals surface area contributed by atoms with Crippen LogP contribution >= 0.6 is 23.1 Å². The molecule has 36 heavy (non-hydrogen) atoms. The summed E-state index contributed by atoms with van der Waals surface area (Å²) >= 11 is 3.09. The minimum Gasteiger partial charge on any atom is -0.461 e. The molecule has 1 aromatic carbocycles. The molecule has 1 aliphatic carbocycles. The van der Waals surface area contributed by atoms with Gasteiger partial charge in [0.05, 0.1) is 12.0 Å². The maximum Gasteiger partial charge on any atom is 0.273 e. The molecule has 4 aromatic rings. The molecule has 1 aliphatic heterocycles. The second kappa shape index (κ2) is 8.88. The van der Waals surface area contributed by atoms with Crippen LogP contribution in [0, 0.1) is 10.8 Å². The Morgan fingerprint density at radius 1 is 1.14 bits per heavy atom. The molecule has 1 saturated carbocycles. The van der Waals surface area contributed by atoms with Crippen LogP contribution in [0.4, 0.5) is 0 Å². The monoisotopic (exact) mass is 519 g/mol. The molecular weight excluding hydrogens is 490 g/mol. The highest BCUT2D eigenvalue weighted by Gasteiger charge is 2.51. The number of fused-ring (bicyclic) bond motifs is 2. The Morgan fingerprint density at radius 2 is 1.97 bits per heavy atom. The zero-order valence-corrected chi connectivity index (χ0v) is 22.3. The van der Waals surface area contributed by atoms with Gasteiger partial charge in [-0.3, -0.25) is 9.36 Å². The summed E-state index contributed by atoms with van der Waals surface area (Å²) in [4.78, 5) is 20.2. The van der Waals surface area contributed by atoms with Crippen LogP contribution in [-0.2, 0) is 5.75 Å². The molecular formula is C27H29N5O2S2. The average Bonchev–Trinajstić information content (AvgIpc) is 3.62. The summed E-state index contributed by atoms with van der Waals surface area (Å²) in [5.74, 6) is 1.99. The van der Waals surface area contributed by atoms with E-state index in [2.05, 4.69) is 35.9 Å². The summed E-state index contributed by atoms with van der Waals surface area (Å²) in [6, 6.07) is 14.0. The third kappa shape index (κ3) is 4.39. The molecule has 7 nitrogen and oxygen atoms in total. The lowest BCUT2D eigenvalue weighted by Crippen LogP contribution is -2.37. The maximum atomic E-state index is 13.4. The third-order valence-corrected chi connectivity index (χ3v) is 9.13. The van der Waals surface area contributed by atoms with E-state index < -0.39 is 0 Å². The standard InChI is InChI=1S/C27H29N5O2S2/c1-26(2)12-19-13-27(3,16-26)17-31(19)24(33)20-14-35-22(28-20)15-36-25-30-29-23(21-10-7-11-34-21)32(25)18-8-5-4-6-9-18/h4-11,14,19H,12-13,15-17H2,1-3H3. The van der Waals surface area contributed by atoms with Crippen molar-refractivity contribution >= 4 is 29.0 Å². The van der Waals surface area contributed by atoms with Gasteiger partial charge in [0, 0.05) is 23.7 Å². The van der Waals surface area contributed by atoms with Crippen molar-refractivity contribution in [2.24, 2.45) is 10.8 Å². The molecule has 0 N–H and O–H groups in total. The first kappa shape index (κ1) is 23.5. The van der Waals surface area contributed by atoms with Crippen molar-refractivity contribution < 1.29 is 9.21 Å². The van der Waals surface area contributed by atoms with Crippen LogP contribution in [-0.4, -0.2) is 43.1 Å². The fourth-order valence-corrected chi connectivity index (χ4v) is 7.92. The van der Waals surface area contributed by atoms with E-state index in [-0.39, 0.29) is 16.7 Å². The second-order valence-electron chi connectivity index (χ2n) is 11.0. The van der Waals surface area contributed by atoms with Gasteiger partial charge in [-0.2, -0.15) is 0 Å². The molecule has 0 spiro atoms. The van der Waals surface area contributed by atoms with Crippen molar-refractivity contribution in [2.45, 2.75) is 57.0 Å². The van der Waals surface area contributed by atoms with E-state index in [0.717, 1.165) is 35.2 Å². The van der Waals surface area contributed by atoms with Gasteiger partial charge in [0.15, 0.2) is 10.9 Å². The maximum absolute atomic E-state index is 13.4. The summed E-state index contributed by atoms with van der Waals surface area (Å²) in [5, 5.41) is 12.4. The zero-order valence-electron chi connectivity index (χ0n) is 20.7. The van der Waals surface area contributed by atoms with Crippen molar-refractivity contribution in [2.75, 3.05) is 6.54 Å². The lowest BCUT2D eigenvalue weighted by molar-refractivity contribution is 0.0703. The molecule has 1 amide bonds. The largest absolute Gasteiger partial charge is 0.461 e. The van der Waals surface area contributed by atoms with Gasteiger partial charge >= 0.3 is 0 Å². The van der Waals surface area contributed by atoms with Gasteiger partial charge in [-0.05, 0) is 54.4 Å². The Bertz CT molecular complexity index is 1380. The quantitative estimate of drug-likeness (QED) is 0.278. The normalized spacial score (nSPS) is 22.8. The Hall–Kier alpha value is -2.91. The SMILES string of the molecule is CC1(C)CC2CC(C)(CN2C(=O)c2csc(CSc3nnc(-c4ccco4)n3-c3ccccc3)n2)C1. The van der Waals surface area contributed by atoms with E-state index in [1.807, 2.05) is 52.4 Å². The number of hydrogen-bond donors (Lipinski definition) is 0. The number of rotatable bonds is 6. The van der Waals surface area contributed by atoms with E-state index in [1.165, 1.54) is 17.8 Å². The number of likely N-dealkylation sites (tertiary alicyclic amines) is 1. The van der Waals surface area contributed by atoms with Crippen LogP contribution in [0.15, 0.2) is 63.7 Å². The number of thiazole rings is 1. The number of thioether (sulfide) groups is 1. The molecule has 6 rings (SSSR count). The fourth-order valence-electron chi connectivity index (χ4n) is 6.18. The molecule has 3 aromatic heterocycles. The van der Waals surface area contributed by atoms with Crippen molar-refractivity contribution in [1.82, 2.24) is 24.6 Å². The number of carbonyl (C=O) groups excluding carboxylic acids is 1. The number of hydrogen-bond acceptors (Lipinski definition) is 7. The lowest BCUT2D eigenvalue weighted by Gasteiger charge is -2.39. The van der Waals surface area contributed by atoms with E-state index in [0.29, 0.717) is 29.1 Å². The Labute approximate surface area is 218 Å². The average molecular weight is 520 g/mol. The molecule has 2 unspecified atom stereocenters. The van der Waals surface area contributed by atoms with Gasteiger partial charge in [-0.15, -0.1) is 21.5 Å². The molecule has 2 atom stereocenters. The Balaban J connectivity index is 1.20. The lowest BCUT2D eigenvalue weighted by atomic mass is 9.65. The van der Waals surface area contributed by atoms with Gasteiger partial charge in [0.25, 0.3) is 5.91 Å². The number of carbonyl (C=O) groups is 1. The summed E-state index contributed by atoms with van der Waals surface area (Å²) < 4.78 is 7.60.